The van der Waals surface area contributed by atoms with Crippen LogP contribution in [0, 0.1) is 17.0 Å². The molecule has 0 radical (unpaired) electrons. The van der Waals surface area contributed by atoms with Gasteiger partial charge in [0.15, 0.2) is 6.61 Å². The number of esters is 1. The van der Waals surface area contributed by atoms with Crippen molar-refractivity contribution < 1.29 is 24.0 Å². The van der Waals surface area contributed by atoms with E-state index in [2.05, 4.69) is 5.32 Å². The standard InChI is InChI=1S/C32H25N3O6/c1-21-30(32(37)41-20-29(36)33-24-10-7-11-25(18-24)35(38)39)27-12-5-6-13-28(27)34-31(21)23-14-16-26(17-15-23)40-19-22-8-3-2-4-9-22/h2-18H,19-20H2,1H3,(H,33,36). The molecule has 0 aliphatic heterocycles. The number of nitro benzene ring substituents is 1. The number of ether oxygens (including phenoxy) is 2. The quantitative estimate of drug-likeness (QED) is 0.127. The highest BCUT2D eigenvalue weighted by atomic mass is 16.6. The van der Waals surface area contributed by atoms with Crippen molar-refractivity contribution in [1.82, 2.24) is 4.98 Å². The average molecular weight is 548 g/mol. The van der Waals surface area contributed by atoms with Gasteiger partial charge in [0.25, 0.3) is 11.6 Å². The van der Waals surface area contributed by atoms with Crippen LogP contribution in [0.5, 0.6) is 5.75 Å². The van der Waals surface area contributed by atoms with Gasteiger partial charge in [0.1, 0.15) is 12.4 Å². The summed E-state index contributed by atoms with van der Waals surface area (Å²) in [6.07, 6.45) is 0. The lowest BCUT2D eigenvalue weighted by Gasteiger charge is -2.15. The first-order chi connectivity index (χ1) is 19.9. The molecule has 204 valence electrons. The van der Waals surface area contributed by atoms with Gasteiger partial charge in [-0.2, -0.15) is 0 Å². The van der Waals surface area contributed by atoms with Crippen molar-refractivity contribution in [2.24, 2.45) is 0 Å². The molecule has 9 nitrogen and oxygen atoms in total. The molecular weight excluding hydrogens is 522 g/mol. The smallest absolute Gasteiger partial charge is 0.339 e. The number of nitrogens with one attached hydrogen (secondary N) is 1. The van der Waals surface area contributed by atoms with Crippen LogP contribution in [0.1, 0.15) is 21.5 Å². The Balaban J connectivity index is 1.34. The van der Waals surface area contributed by atoms with E-state index in [1.807, 2.05) is 60.7 Å². The maximum absolute atomic E-state index is 13.3. The summed E-state index contributed by atoms with van der Waals surface area (Å²) in [6.45, 7) is 1.66. The Hall–Kier alpha value is -5.57. The second-order valence-corrected chi connectivity index (χ2v) is 9.21. The Morgan fingerprint density at radius 1 is 0.902 bits per heavy atom. The number of hydrogen-bond donors (Lipinski definition) is 1. The number of fused-ring (bicyclic) bond motifs is 1. The summed E-state index contributed by atoms with van der Waals surface area (Å²) in [5, 5.41) is 14.1. The van der Waals surface area contributed by atoms with Crippen LogP contribution < -0.4 is 10.1 Å². The van der Waals surface area contributed by atoms with E-state index < -0.39 is 23.4 Å². The molecule has 41 heavy (non-hydrogen) atoms. The van der Waals surface area contributed by atoms with Crippen molar-refractivity contribution in [1.29, 1.82) is 0 Å². The molecule has 1 heterocycles. The number of nitrogens with zero attached hydrogens (tertiary/aromatic N) is 2. The van der Waals surface area contributed by atoms with Crippen LogP contribution in [-0.2, 0) is 16.1 Å². The maximum Gasteiger partial charge on any atom is 0.339 e. The fourth-order valence-corrected chi connectivity index (χ4v) is 4.40. The van der Waals surface area contributed by atoms with Crippen molar-refractivity contribution in [3.05, 3.63) is 130 Å². The molecule has 0 aliphatic carbocycles. The lowest BCUT2D eigenvalue weighted by molar-refractivity contribution is -0.384. The van der Waals surface area contributed by atoms with Gasteiger partial charge in [0.2, 0.25) is 0 Å². The second kappa shape index (κ2) is 12.1. The highest BCUT2D eigenvalue weighted by Crippen LogP contribution is 2.31. The maximum atomic E-state index is 13.3. The van der Waals surface area contributed by atoms with Crippen molar-refractivity contribution in [3.63, 3.8) is 0 Å². The molecule has 0 atom stereocenters. The summed E-state index contributed by atoms with van der Waals surface area (Å²) in [4.78, 5) is 41.0. The van der Waals surface area contributed by atoms with Gasteiger partial charge in [0, 0.05) is 28.8 Å². The Morgan fingerprint density at radius 2 is 1.63 bits per heavy atom. The molecule has 1 N–H and O–H groups in total. The lowest BCUT2D eigenvalue weighted by atomic mass is 9.97. The number of amides is 1. The Bertz CT molecular complexity index is 1740. The predicted octanol–water partition coefficient (Wildman–Crippen LogP) is 6.49. The van der Waals surface area contributed by atoms with E-state index in [-0.39, 0.29) is 11.4 Å². The van der Waals surface area contributed by atoms with Gasteiger partial charge in [-0.3, -0.25) is 14.9 Å². The van der Waals surface area contributed by atoms with Crippen LogP contribution in [-0.4, -0.2) is 28.4 Å². The molecule has 0 aliphatic rings. The number of non-ortho nitro benzene ring substituents is 1. The number of carbonyl (C=O) groups is 2. The Kier molecular flexibility index (Phi) is 7.96. The SMILES string of the molecule is Cc1c(-c2ccc(OCc3ccccc3)cc2)nc2ccccc2c1C(=O)OCC(=O)Nc1cccc([N+](=O)[O-])c1. The molecule has 5 aromatic rings. The summed E-state index contributed by atoms with van der Waals surface area (Å²) >= 11 is 0. The first-order valence-corrected chi connectivity index (χ1v) is 12.8. The van der Waals surface area contributed by atoms with Crippen LogP contribution >= 0.6 is 0 Å². The number of anilines is 1. The molecule has 0 bridgehead atoms. The Morgan fingerprint density at radius 3 is 2.39 bits per heavy atom. The number of benzene rings is 4. The fourth-order valence-electron chi connectivity index (χ4n) is 4.40. The number of nitro groups is 1. The molecule has 9 heteroatoms. The minimum absolute atomic E-state index is 0.165. The molecule has 0 unspecified atom stereocenters. The van der Waals surface area contributed by atoms with E-state index in [0.717, 1.165) is 11.1 Å². The van der Waals surface area contributed by atoms with Gasteiger partial charge in [0.05, 0.1) is 21.7 Å². The van der Waals surface area contributed by atoms with Crippen molar-refractivity contribution >= 4 is 34.2 Å². The number of pyridine rings is 1. The zero-order valence-electron chi connectivity index (χ0n) is 22.1. The third kappa shape index (κ3) is 6.36. The molecule has 0 spiro atoms. The highest BCUT2D eigenvalue weighted by Gasteiger charge is 2.21. The number of aromatic nitrogens is 1. The number of carbonyl (C=O) groups excluding carboxylic acids is 2. The van der Waals surface area contributed by atoms with E-state index in [0.29, 0.717) is 40.1 Å². The van der Waals surface area contributed by atoms with E-state index in [1.54, 1.807) is 25.1 Å². The number of hydrogen-bond acceptors (Lipinski definition) is 7. The van der Waals surface area contributed by atoms with Crippen LogP contribution in [0.2, 0.25) is 0 Å². The summed E-state index contributed by atoms with van der Waals surface area (Å²) in [5.41, 5.74) is 4.02. The first-order valence-electron chi connectivity index (χ1n) is 12.8. The molecule has 4 aromatic carbocycles. The van der Waals surface area contributed by atoms with Crippen molar-refractivity contribution in [3.8, 4) is 17.0 Å². The predicted molar refractivity (Wildman–Crippen MR) is 155 cm³/mol. The summed E-state index contributed by atoms with van der Waals surface area (Å²) in [7, 11) is 0. The van der Waals surface area contributed by atoms with Gasteiger partial charge < -0.3 is 14.8 Å². The van der Waals surface area contributed by atoms with Crippen LogP contribution in [0.4, 0.5) is 11.4 Å². The lowest BCUT2D eigenvalue weighted by Crippen LogP contribution is -2.21. The van der Waals surface area contributed by atoms with Gasteiger partial charge in [-0.15, -0.1) is 0 Å². The molecule has 0 saturated heterocycles. The summed E-state index contributed by atoms with van der Waals surface area (Å²) in [5.74, 6) is -0.606. The minimum Gasteiger partial charge on any atom is -0.489 e. The van der Waals surface area contributed by atoms with Gasteiger partial charge in [-0.25, -0.2) is 9.78 Å². The normalized spacial score (nSPS) is 10.7. The molecular formula is C32H25N3O6. The molecule has 1 amide bonds. The van der Waals surface area contributed by atoms with E-state index >= 15 is 0 Å². The number of rotatable bonds is 9. The summed E-state index contributed by atoms with van der Waals surface area (Å²) < 4.78 is 11.3. The van der Waals surface area contributed by atoms with Gasteiger partial charge in [-0.05, 0) is 54.4 Å². The van der Waals surface area contributed by atoms with Crippen molar-refractivity contribution in [2.75, 3.05) is 11.9 Å². The molecule has 5 rings (SSSR count). The first kappa shape index (κ1) is 27.0. The average Bonchev–Trinajstić information content (AvgIpc) is 2.99. The van der Waals surface area contributed by atoms with Crippen molar-refractivity contribution in [2.45, 2.75) is 13.5 Å². The zero-order valence-corrected chi connectivity index (χ0v) is 22.1. The monoisotopic (exact) mass is 547 g/mol. The Labute approximate surface area is 235 Å². The van der Waals surface area contributed by atoms with Crippen LogP contribution in [0.3, 0.4) is 0 Å². The summed E-state index contributed by atoms with van der Waals surface area (Å²) in [6, 6.07) is 30.1. The zero-order chi connectivity index (χ0) is 28.8. The third-order valence-corrected chi connectivity index (χ3v) is 6.39. The van der Waals surface area contributed by atoms with Gasteiger partial charge in [-0.1, -0.05) is 54.6 Å². The largest absolute Gasteiger partial charge is 0.489 e. The topological polar surface area (TPSA) is 121 Å². The third-order valence-electron chi connectivity index (χ3n) is 6.39. The van der Waals surface area contributed by atoms with E-state index in [9.17, 15) is 19.7 Å². The van der Waals surface area contributed by atoms with E-state index in [4.69, 9.17) is 14.5 Å². The molecule has 0 fully saturated rings. The van der Waals surface area contributed by atoms with E-state index in [1.165, 1.54) is 24.3 Å². The molecule has 1 aromatic heterocycles. The van der Waals surface area contributed by atoms with Gasteiger partial charge >= 0.3 is 5.97 Å². The number of para-hydroxylation sites is 1. The highest BCUT2D eigenvalue weighted by molar-refractivity contribution is 6.07. The fraction of sp³-hybridized carbons (Fsp3) is 0.0938. The minimum atomic E-state index is -0.681. The second-order valence-electron chi connectivity index (χ2n) is 9.21. The molecule has 0 saturated carbocycles. The van der Waals surface area contributed by atoms with Crippen LogP contribution in [0.25, 0.3) is 22.2 Å². The van der Waals surface area contributed by atoms with Crippen LogP contribution in [0.15, 0.2) is 103 Å².